The summed E-state index contributed by atoms with van der Waals surface area (Å²) >= 11 is 0. The molecule has 6 nitrogen and oxygen atoms in total. The molecule has 0 spiro atoms. The molecule has 0 fully saturated rings. The molecular weight excluding hydrogens is 450 g/mol. The SMILES string of the molecule is CCC(F)(F)c1cccc(NC(=O)C2C(=O)N(c3ccc(C)c(-c4ccncc4C)c3)N=C2C)c1. The van der Waals surface area contributed by atoms with Gasteiger partial charge in [0.15, 0.2) is 5.92 Å². The van der Waals surface area contributed by atoms with E-state index < -0.39 is 23.7 Å². The van der Waals surface area contributed by atoms with E-state index in [2.05, 4.69) is 15.4 Å². The molecule has 1 aromatic heterocycles. The zero-order valence-corrected chi connectivity index (χ0v) is 20.0. The summed E-state index contributed by atoms with van der Waals surface area (Å²) in [6, 6.07) is 13.0. The smallest absolute Gasteiger partial charge is 0.273 e. The van der Waals surface area contributed by atoms with Crippen LogP contribution in [0.3, 0.4) is 0 Å². The highest BCUT2D eigenvalue weighted by atomic mass is 19.3. The number of hydrazone groups is 1. The molecule has 8 heteroatoms. The van der Waals surface area contributed by atoms with Crippen molar-refractivity contribution in [3.63, 3.8) is 0 Å². The third-order valence-electron chi connectivity index (χ3n) is 6.17. The predicted molar refractivity (Wildman–Crippen MR) is 132 cm³/mol. The highest BCUT2D eigenvalue weighted by molar-refractivity contribution is 6.28. The van der Waals surface area contributed by atoms with Crippen LogP contribution in [0.15, 0.2) is 66.0 Å². The van der Waals surface area contributed by atoms with Gasteiger partial charge in [-0.3, -0.25) is 14.6 Å². The second-order valence-electron chi connectivity index (χ2n) is 8.64. The maximum atomic E-state index is 14.1. The summed E-state index contributed by atoms with van der Waals surface area (Å²) in [6.45, 7) is 6.94. The lowest BCUT2D eigenvalue weighted by atomic mass is 9.97. The van der Waals surface area contributed by atoms with Gasteiger partial charge in [-0.15, -0.1) is 0 Å². The second kappa shape index (κ2) is 9.37. The monoisotopic (exact) mass is 476 g/mol. The predicted octanol–water partition coefficient (Wildman–Crippen LogP) is 5.84. The quantitative estimate of drug-likeness (QED) is 0.454. The van der Waals surface area contributed by atoms with E-state index in [1.54, 1.807) is 25.4 Å². The van der Waals surface area contributed by atoms with Crippen molar-refractivity contribution in [2.45, 2.75) is 40.0 Å². The molecule has 3 aromatic rings. The summed E-state index contributed by atoms with van der Waals surface area (Å²) in [7, 11) is 0. The molecule has 1 unspecified atom stereocenters. The van der Waals surface area contributed by atoms with Crippen LogP contribution in [0, 0.1) is 19.8 Å². The van der Waals surface area contributed by atoms with Crippen LogP contribution < -0.4 is 10.3 Å². The molecule has 0 saturated carbocycles. The molecule has 1 aliphatic rings. The zero-order valence-electron chi connectivity index (χ0n) is 20.0. The number of aryl methyl sites for hydroxylation is 2. The van der Waals surface area contributed by atoms with E-state index >= 15 is 0 Å². The van der Waals surface area contributed by atoms with Crippen molar-refractivity contribution in [1.29, 1.82) is 0 Å². The topological polar surface area (TPSA) is 74.7 Å². The fourth-order valence-corrected chi connectivity index (χ4v) is 4.10. The Balaban J connectivity index is 1.58. The summed E-state index contributed by atoms with van der Waals surface area (Å²) in [5.74, 6) is -5.28. The average molecular weight is 477 g/mol. The number of hydrogen-bond acceptors (Lipinski definition) is 4. The standard InChI is InChI=1S/C27H26F2N4O2/c1-5-27(28,29)19-7-6-8-20(13-19)31-25(34)24-18(4)32-33(26(24)35)21-10-9-16(2)23(14-21)22-11-12-30-15-17(22)3/h6-15,24H,5H2,1-4H3,(H,31,34). The van der Waals surface area contributed by atoms with Gasteiger partial charge in [0.2, 0.25) is 5.91 Å². The number of pyridine rings is 1. The van der Waals surface area contributed by atoms with Crippen molar-refractivity contribution in [3.8, 4) is 11.1 Å². The molecule has 2 aromatic carbocycles. The van der Waals surface area contributed by atoms with Crippen LogP contribution in [-0.4, -0.2) is 22.5 Å². The number of benzene rings is 2. The van der Waals surface area contributed by atoms with Crippen molar-refractivity contribution in [1.82, 2.24) is 4.98 Å². The third kappa shape index (κ3) is 4.69. The maximum absolute atomic E-state index is 14.1. The first-order valence-electron chi connectivity index (χ1n) is 11.3. The highest BCUT2D eigenvalue weighted by Crippen LogP contribution is 2.34. The normalized spacial score (nSPS) is 15.8. The van der Waals surface area contributed by atoms with E-state index in [-0.39, 0.29) is 17.7 Å². The molecule has 0 aliphatic carbocycles. The van der Waals surface area contributed by atoms with Crippen molar-refractivity contribution in [2.75, 3.05) is 10.3 Å². The van der Waals surface area contributed by atoms with Crippen molar-refractivity contribution < 1.29 is 18.4 Å². The molecule has 0 radical (unpaired) electrons. The van der Waals surface area contributed by atoms with Crippen molar-refractivity contribution in [2.24, 2.45) is 11.0 Å². The first kappa shape index (κ1) is 24.2. The van der Waals surface area contributed by atoms with Gasteiger partial charge in [-0.2, -0.15) is 10.1 Å². The number of carbonyl (C=O) groups is 2. The van der Waals surface area contributed by atoms with Crippen molar-refractivity contribution in [3.05, 3.63) is 77.6 Å². The lowest BCUT2D eigenvalue weighted by Gasteiger charge is -2.18. The Morgan fingerprint density at radius 3 is 2.54 bits per heavy atom. The number of halogens is 2. The second-order valence-corrected chi connectivity index (χ2v) is 8.64. The van der Waals surface area contributed by atoms with E-state index in [4.69, 9.17) is 0 Å². The number of rotatable bonds is 6. The van der Waals surface area contributed by atoms with Crippen LogP contribution in [0.4, 0.5) is 20.2 Å². The Morgan fingerprint density at radius 1 is 1.06 bits per heavy atom. The molecule has 1 N–H and O–H groups in total. The first-order valence-corrected chi connectivity index (χ1v) is 11.3. The Kier molecular flexibility index (Phi) is 6.47. The summed E-state index contributed by atoms with van der Waals surface area (Å²) in [5.41, 5.74) is 4.80. The molecule has 0 saturated heterocycles. The van der Waals surface area contributed by atoms with Crippen LogP contribution in [0.1, 0.15) is 37.0 Å². The molecule has 1 atom stereocenters. The van der Waals surface area contributed by atoms with Crippen LogP contribution in [0.5, 0.6) is 0 Å². The fraction of sp³-hybridized carbons (Fsp3) is 0.259. The first-order chi connectivity index (χ1) is 16.6. The minimum Gasteiger partial charge on any atom is -0.325 e. The summed E-state index contributed by atoms with van der Waals surface area (Å²) in [6.07, 6.45) is 3.13. The molecule has 35 heavy (non-hydrogen) atoms. The molecule has 1 aliphatic heterocycles. The van der Waals surface area contributed by atoms with E-state index in [9.17, 15) is 18.4 Å². The Morgan fingerprint density at radius 2 is 1.83 bits per heavy atom. The lowest BCUT2D eigenvalue weighted by molar-refractivity contribution is -0.127. The van der Waals surface area contributed by atoms with Gasteiger partial charge in [0.1, 0.15) is 0 Å². The maximum Gasteiger partial charge on any atom is 0.273 e. The van der Waals surface area contributed by atoms with Crippen molar-refractivity contribution >= 4 is 28.9 Å². The molecule has 2 heterocycles. The fourth-order valence-electron chi connectivity index (χ4n) is 4.10. The number of nitrogens with zero attached hydrogens (tertiary/aromatic N) is 3. The molecule has 180 valence electrons. The van der Waals surface area contributed by atoms with E-state index in [0.29, 0.717) is 11.4 Å². The highest BCUT2D eigenvalue weighted by Gasteiger charge is 2.40. The zero-order chi connectivity index (χ0) is 25.3. The molecule has 0 bridgehead atoms. The summed E-state index contributed by atoms with van der Waals surface area (Å²) in [4.78, 5) is 30.4. The Hall–Kier alpha value is -3.94. The molecule has 4 rings (SSSR count). The minimum atomic E-state index is -3.01. The average Bonchev–Trinajstić information content (AvgIpc) is 3.14. The number of amides is 2. The number of aromatic nitrogens is 1. The molecule has 2 amide bonds. The number of carbonyl (C=O) groups excluding carboxylic acids is 2. The van der Waals surface area contributed by atoms with Gasteiger partial charge in [0.05, 0.1) is 11.4 Å². The third-order valence-corrected chi connectivity index (χ3v) is 6.17. The lowest BCUT2D eigenvalue weighted by Crippen LogP contribution is -2.36. The van der Waals surface area contributed by atoms with Crippen LogP contribution in [0.2, 0.25) is 0 Å². The van der Waals surface area contributed by atoms with Gasteiger partial charge >= 0.3 is 0 Å². The van der Waals surface area contributed by atoms with Crippen LogP contribution in [-0.2, 0) is 15.5 Å². The number of hydrogen-bond donors (Lipinski definition) is 1. The van der Waals surface area contributed by atoms with Gasteiger partial charge in [0.25, 0.3) is 11.8 Å². The van der Waals surface area contributed by atoms with Gasteiger partial charge < -0.3 is 5.32 Å². The molecular formula is C27H26F2N4O2. The summed E-state index contributed by atoms with van der Waals surface area (Å²) < 4.78 is 28.2. The van der Waals surface area contributed by atoms with Gasteiger partial charge in [-0.05, 0) is 73.4 Å². The van der Waals surface area contributed by atoms with E-state index in [1.165, 1.54) is 36.2 Å². The summed E-state index contributed by atoms with van der Waals surface area (Å²) in [5, 5.41) is 8.17. The van der Waals surface area contributed by atoms with E-state index in [1.807, 2.05) is 32.0 Å². The van der Waals surface area contributed by atoms with Gasteiger partial charge in [0, 0.05) is 30.1 Å². The van der Waals surface area contributed by atoms with Gasteiger partial charge in [-0.1, -0.05) is 25.1 Å². The number of anilines is 2. The number of nitrogens with one attached hydrogen (secondary N) is 1. The largest absolute Gasteiger partial charge is 0.325 e. The van der Waals surface area contributed by atoms with Gasteiger partial charge in [-0.25, -0.2) is 8.78 Å². The Bertz CT molecular complexity index is 1340. The van der Waals surface area contributed by atoms with Crippen LogP contribution >= 0.6 is 0 Å². The number of alkyl halides is 2. The Labute approximate surface area is 202 Å². The minimum absolute atomic E-state index is 0.193. The van der Waals surface area contributed by atoms with E-state index in [0.717, 1.165) is 22.3 Å². The van der Waals surface area contributed by atoms with Crippen LogP contribution in [0.25, 0.3) is 11.1 Å².